The van der Waals surface area contributed by atoms with Crippen molar-refractivity contribution in [1.29, 1.82) is 0 Å². The maximum Gasteiger partial charge on any atom is 0.508 e. The third-order valence-corrected chi connectivity index (χ3v) is 4.79. The lowest BCUT2D eigenvalue weighted by Crippen LogP contribution is -2.27. The largest absolute Gasteiger partial charge is 0.508 e. The molecule has 3 rings (SSSR count). The topological polar surface area (TPSA) is 81.7 Å². The molecule has 2 aliphatic heterocycles. The SMILES string of the molecule is O=C1OCC(COCC2CCC(COCC3COCOCO3)CC2)O1. The van der Waals surface area contributed by atoms with E-state index in [1.165, 1.54) is 0 Å². The molecule has 0 radical (unpaired) electrons. The van der Waals surface area contributed by atoms with Gasteiger partial charge < -0.3 is 33.2 Å². The van der Waals surface area contributed by atoms with Crippen molar-refractivity contribution in [1.82, 2.24) is 0 Å². The summed E-state index contributed by atoms with van der Waals surface area (Å²) in [6, 6.07) is 0. The minimum absolute atomic E-state index is 0.0408. The van der Waals surface area contributed by atoms with Crippen molar-refractivity contribution in [3.8, 4) is 0 Å². The fraction of sp³-hybridized carbons (Fsp3) is 0.941. The molecule has 0 aromatic heterocycles. The second kappa shape index (κ2) is 10.3. The lowest BCUT2D eigenvalue weighted by atomic mass is 9.83. The highest BCUT2D eigenvalue weighted by molar-refractivity contribution is 5.61. The lowest BCUT2D eigenvalue weighted by molar-refractivity contribution is -0.0978. The molecule has 3 fully saturated rings. The Morgan fingerprint density at radius 2 is 1.48 bits per heavy atom. The van der Waals surface area contributed by atoms with Crippen molar-refractivity contribution < 1.29 is 38.0 Å². The smallest absolute Gasteiger partial charge is 0.430 e. The molecule has 0 aromatic rings. The Morgan fingerprint density at radius 3 is 2.12 bits per heavy atom. The summed E-state index contributed by atoms with van der Waals surface area (Å²) in [5.74, 6) is 1.17. The first-order valence-electron chi connectivity index (χ1n) is 9.05. The summed E-state index contributed by atoms with van der Waals surface area (Å²) >= 11 is 0. The van der Waals surface area contributed by atoms with E-state index in [1.54, 1.807) is 0 Å². The van der Waals surface area contributed by atoms with Crippen molar-refractivity contribution in [2.45, 2.75) is 37.9 Å². The summed E-state index contributed by atoms with van der Waals surface area (Å²) in [5, 5.41) is 0. The summed E-state index contributed by atoms with van der Waals surface area (Å²) in [6.45, 7) is 3.83. The molecule has 144 valence electrons. The van der Waals surface area contributed by atoms with Gasteiger partial charge in [0.05, 0.1) is 19.8 Å². The molecule has 0 bridgehead atoms. The zero-order valence-electron chi connectivity index (χ0n) is 14.6. The predicted octanol–water partition coefficient (Wildman–Crippen LogP) is 1.71. The fourth-order valence-electron chi connectivity index (χ4n) is 3.31. The van der Waals surface area contributed by atoms with Crippen LogP contribution in [0.2, 0.25) is 0 Å². The Labute approximate surface area is 148 Å². The predicted molar refractivity (Wildman–Crippen MR) is 85.0 cm³/mol. The molecule has 8 heteroatoms. The number of ether oxygens (including phenoxy) is 7. The Balaban J connectivity index is 1.20. The summed E-state index contributed by atoms with van der Waals surface area (Å²) in [7, 11) is 0. The molecule has 1 saturated carbocycles. The summed E-state index contributed by atoms with van der Waals surface area (Å²) in [6.07, 6.45) is 3.71. The van der Waals surface area contributed by atoms with Crippen molar-refractivity contribution >= 4 is 6.16 Å². The van der Waals surface area contributed by atoms with Gasteiger partial charge in [0.15, 0.2) is 6.10 Å². The van der Waals surface area contributed by atoms with Crippen LogP contribution >= 0.6 is 0 Å². The third kappa shape index (κ3) is 6.71. The van der Waals surface area contributed by atoms with Crippen LogP contribution in [0.15, 0.2) is 0 Å². The summed E-state index contributed by atoms with van der Waals surface area (Å²) in [5.41, 5.74) is 0. The van der Waals surface area contributed by atoms with Crippen LogP contribution in [-0.2, 0) is 33.2 Å². The number of cyclic esters (lactones) is 2. The van der Waals surface area contributed by atoms with Gasteiger partial charge in [-0.15, -0.1) is 0 Å². The summed E-state index contributed by atoms with van der Waals surface area (Å²) < 4.78 is 37.0. The first-order valence-corrected chi connectivity index (χ1v) is 9.05. The number of rotatable bonds is 8. The minimum atomic E-state index is -0.595. The van der Waals surface area contributed by atoms with E-state index < -0.39 is 6.16 Å². The number of hydrogen-bond acceptors (Lipinski definition) is 8. The quantitative estimate of drug-likeness (QED) is 0.605. The van der Waals surface area contributed by atoms with Crippen molar-refractivity contribution in [3.63, 3.8) is 0 Å². The van der Waals surface area contributed by atoms with Gasteiger partial charge in [-0.2, -0.15) is 0 Å². The maximum absolute atomic E-state index is 10.8. The first kappa shape index (κ1) is 18.8. The highest BCUT2D eigenvalue weighted by Crippen LogP contribution is 2.29. The van der Waals surface area contributed by atoms with Gasteiger partial charge in [-0.05, 0) is 37.5 Å². The molecule has 2 unspecified atom stereocenters. The molecule has 0 amide bonds. The minimum Gasteiger partial charge on any atom is -0.430 e. The fourth-order valence-corrected chi connectivity index (χ4v) is 3.31. The van der Waals surface area contributed by atoms with Crippen LogP contribution in [0.25, 0.3) is 0 Å². The lowest BCUT2D eigenvalue weighted by Gasteiger charge is -2.28. The molecule has 0 spiro atoms. The molecule has 25 heavy (non-hydrogen) atoms. The molecule has 2 atom stereocenters. The van der Waals surface area contributed by atoms with E-state index in [-0.39, 0.29) is 19.0 Å². The first-order chi connectivity index (χ1) is 12.3. The molecule has 3 aliphatic rings. The van der Waals surface area contributed by atoms with Gasteiger partial charge in [-0.25, -0.2) is 4.79 Å². The molecule has 2 heterocycles. The molecular weight excluding hydrogens is 332 g/mol. The van der Waals surface area contributed by atoms with Gasteiger partial charge in [0, 0.05) is 13.2 Å². The van der Waals surface area contributed by atoms with E-state index >= 15 is 0 Å². The van der Waals surface area contributed by atoms with Crippen molar-refractivity contribution in [2.24, 2.45) is 11.8 Å². The van der Waals surface area contributed by atoms with Crippen molar-refractivity contribution in [2.75, 3.05) is 53.2 Å². The normalized spacial score (nSPS) is 33.5. The van der Waals surface area contributed by atoms with Gasteiger partial charge in [0.25, 0.3) is 0 Å². The molecule has 0 N–H and O–H groups in total. The van der Waals surface area contributed by atoms with Crippen LogP contribution in [0.1, 0.15) is 25.7 Å². The van der Waals surface area contributed by atoms with Gasteiger partial charge in [0.2, 0.25) is 0 Å². The molecule has 2 saturated heterocycles. The van der Waals surface area contributed by atoms with Crippen LogP contribution < -0.4 is 0 Å². The average molecular weight is 360 g/mol. The Morgan fingerprint density at radius 1 is 0.800 bits per heavy atom. The van der Waals surface area contributed by atoms with E-state index in [0.717, 1.165) is 38.9 Å². The number of hydrogen-bond donors (Lipinski definition) is 0. The van der Waals surface area contributed by atoms with E-state index in [2.05, 4.69) is 0 Å². The van der Waals surface area contributed by atoms with Gasteiger partial charge in [0.1, 0.15) is 26.3 Å². The van der Waals surface area contributed by atoms with Gasteiger partial charge in [-0.1, -0.05) is 0 Å². The zero-order chi connectivity index (χ0) is 17.3. The Hall–Kier alpha value is -0.930. The molecule has 1 aliphatic carbocycles. The van der Waals surface area contributed by atoms with E-state index in [0.29, 0.717) is 45.1 Å². The zero-order valence-corrected chi connectivity index (χ0v) is 14.6. The molecule has 0 aromatic carbocycles. The molecular formula is C17H28O8. The monoisotopic (exact) mass is 360 g/mol. The number of carbonyl (C=O) groups excluding carboxylic acids is 1. The van der Waals surface area contributed by atoms with Crippen LogP contribution in [0.5, 0.6) is 0 Å². The van der Waals surface area contributed by atoms with Gasteiger partial charge in [-0.3, -0.25) is 0 Å². The summed E-state index contributed by atoms with van der Waals surface area (Å²) in [4.78, 5) is 10.8. The molecule has 8 nitrogen and oxygen atoms in total. The average Bonchev–Trinajstić information content (AvgIpc) is 2.87. The Bertz CT molecular complexity index is 388. The second-order valence-electron chi connectivity index (χ2n) is 6.86. The highest BCUT2D eigenvalue weighted by Gasteiger charge is 2.26. The maximum atomic E-state index is 10.8. The van der Waals surface area contributed by atoms with E-state index in [1.807, 2.05) is 0 Å². The van der Waals surface area contributed by atoms with Gasteiger partial charge >= 0.3 is 6.16 Å². The van der Waals surface area contributed by atoms with Crippen LogP contribution in [-0.4, -0.2) is 71.6 Å². The highest BCUT2D eigenvalue weighted by atomic mass is 16.8. The number of carbonyl (C=O) groups is 1. The second-order valence-corrected chi connectivity index (χ2v) is 6.86. The Kier molecular flexibility index (Phi) is 7.75. The van der Waals surface area contributed by atoms with Crippen LogP contribution in [0, 0.1) is 11.8 Å². The van der Waals surface area contributed by atoms with Crippen LogP contribution in [0.4, 0.5) is 4.79 Å². The third-order valence-electron chi connectivity index (χ3n) is 4.79. The van der Waals surface area contributed by atoms with Crippen LogP contribution in [0.3, 0.4) is 0 Å². The van der Waals surface area contributed by atoms with E-state index in [9.17, 15) is 4.79 Å². The standard InChI is InChI=1S/C17H28O8/c18-17-23-10-16(25-17)9-20-6-14-3-1-13(2-4-14)5-19-7-15-8-21-11-22-12-24-15/h13-16H,1-12H2. The van der Waals surface area contributed by atoms with E-state index in [4.69, 9.17) is 33.2 Å². The van der Waals surface area contributed by atoms with Crippen molar-refractivity contribution in [3.05, 3.63) is 0 Å².